The zero-order chi connectivity index (χ0) is 20.3. The van der Waals surface area contributed by atoms with Gasteiger partial charge in [-0.25, -0.2) is 9.78 Å². The molecule has 0 atom stereocenters. The van der Waals surface area contributed by atoms with Gasteiger partial charge in [-0.15, -0.1) is 0 Å². The fourth-order valence-electron chi connectivity index (χ4n) is 2.36. The number of anilines is 1. The Bertz CT molecular complexity index is 980. The molecule has 6 nitrogen and oxygen atoms in total. The van der Waals surface area contributed by atoms with E-state index in [1.54, 1.807) is 12.1 Å². The summed E-state index contributed by atoms with van der Waals surface area (Å²) in [4.78, 5) is 26.8. The highest BCUT2D eigenvalue weighted by molar-refractivity contribution is 7.17. The van der Waals surface area contributed by atoms with E-state index in [0.717, 1.165) is 5.69 Å². The van der Waals surface area contributed by atoms with Crippen LogP contribution < -0.4 is 5.32 Å². The predicted octanol–water partition coefficient (Wildman–Crippen LogP) is 4.38. The summed E-state index contributed by atoms with van der Waals surface area (Å²) in [6.45, 7) is 1.40. The van der Waals surface area contributed by atoms with Crippen LogP contribution in [0.3, 0.4) is 0 Å². The number of carbonyl (C=O) groups excluding carboxylic acids is 2. The van der Waals surface area contributed by atoms with Crippen LogP contribution in [0.1, 0.15) is 32.6 Å². The Kier molecular flexibility index (Phi) is 5.50. The number of hydrogen-bond donors (Lipinski definition) is 1. The maximum atomic E-state index is 13.1. The van der Waals surface area contributed by atoms with Crippen LogP contribution in [0.4, 0.5) is 18.3 Å². The topological polar surface area (TPSA) is 73.2 Å². The van der Waals surface area contributed by atoms with E-state index in [2.05, 4.69) is 15.0 Å². The van der Waals surface area contributed by atoms with Gasteiger partial charge < -0.3 is 9.30 Å². The second kappa shape index (κ2) is 7.85. The van der Waals surface area contributed by atoms with Crippen molar-refractivity contribution < 1.29 is 27.5 Å². The molecule has 1 N–H and O–H groups in total. The average Bonchev–Trinajstić information content (AvgIpc) is 3.31. The van der Waals surface area contributed by atoms with Crippen LogP contribution in [0, 0.1) is 0 Å². The summed E-state index contributed by atoms with van der Waals surface area (Å²) in [5.74, 6) is -1.78. The van der Waals surface area contributed by atoms with Crippen molar-refractivity contribution >= 4 is 28.3 Å². The Morgan fingerprint density at radius 3 is 2.39 bits per heavy atom. The number of halogens is 3. The molecule has 2 aromatic heterocycles. The molecule has 0 aliphatic heterocycles. The van der Waals surface area contributed by atoms with Gasteiger partial charge in [-0.05, 0) is 43.3 Å². The first kappa shape index (κ1) is 19.6. The Morgan fingerprint density at radius 2 is 1.82 bits per heavy atom. The maximum absolute atomic E-state index is 13.1. The molecule has 0 spiro atoms. The van der Waals surface area contributed by atoms with Gasteiger partial charge >= 0.3 is 12.1 Å². The number of alkyl halides is 3. The van der Waals surface area contributed by atoms with Gasteiger partial charge in [0.05, 0.1) is 6.61 Å². The standard InChI is InChI=1S/C18H14F3N3O3S/c1-2-27-16(26)13-14(18(19,20)21)22-17(28-13)23-15(25)11-5-7-12(8-6-11)24-9-3-4-10-24/h3-10H,2H2,1H3,(H,22,23,25). The number of nitrogens with zero attached hydrogens (tertiary/aromatic N) is 2. The zero-order valence-corrected chi connectivity index (χ0v) is 15.3. The van der Waals surface area contributed by atoms with Crippen LogP contribution in [-0.4, -0.2) is 28.0 Å². The molecule has 0 saturated heterocycles. The first-order chi connectivity index (χ1) is 13.3. The van der Waals surface area contributed by atoms with Crippen LogP contribution in [0.25, 0.3) is 5.69 Å². The van der Waals surface area contributed by atoms with Gasteiger partial charge in [0.2, 0.25) is 0 Å². The molecule has 3 rings (SSSR count). The van der Waals surface area contributed by atoms with E-state index in [9.17, 15) is 22.8 Å². The zero-order valence-electron chi connectivity index (χ0n) is 14.5. The van der Waals surface area contributed by atoms with Crippen molar-refractivity contribution in [3.63, 3.8) is 0 Å². The van der Waals surface area contributed by atoms with Crippen molar-refractivity contribution in [2.45, 2.75) is 13.1 Å². The molecule has 0 aliphatic carbocycles. The number of ether oxygens (including phenoxy) is 1. The molecule has 28 heavy (non-hydrogen) atoms. The van der Waals surface area contributed by atoms with Gasteiger partial charge in [-0.2, -0.15) is 13.2 Å². The molecule has 0 fully saturated rings. The summed E-state index contributed by atoms with van der Waals surface area (Å²) in [6, 6.07) is 10.2. The maximum Gasteiger partial charge on any atom is 0.435 e. The summed E-state index contributed by atoms with van der Waals surface area (Å²) in [7, 11) is 0. The third kappa shape index (κ3) is 4.22. The lowest BCUT2D eigenvalue weighted by molar-refractivity contribution is -0.141. The minimum atomic E-state index is -4.85. The van der Waals surface area contributed by atoms with Crippen molar-refractivity contribution in [3.05, 3.63) is 64.9 Å². The average molecular weight is 409 g/mol. The summed E-state index contributed by atoms with van der Waals surface area (Å²) in [5, 5.41) is 1.96. The number of nitrogens with one attached hydrogen (secondary N) is 1. The Balaban J connectivity index is 1.81. The minimum Gasteiger partial charge on any atom is -0.462 e. The molecule has 3 aromatic rings. The third-order valence-corrected chi connectivity index (χ3v) is 4.56. The molecule has 0 aliphatic rings. The molecule has 1 amide bonds. The summed E-state index contributed by atoms with van der Waals surface area (Å²) in [5.41, 5.74) is -0.327. The van der Waals surface area contributed by atoms with Gasteiger partial charge in [0.1, 0.15) is 4.88 Å². The molecule has 0 saturated carbocycles. The monoisotopic (exact) mass is 409 g/mol. The van der Waals surface area contributed by atoms with Crippen molar-refractivity contribution in [1.29, 1.82) is 0 Å². The highest BCUT2D eigenvalue weighted by atomic mass is 32.1. The molecule has 0 radical (unpaired) electrons. The van der Waals surface area contributed by atoms with Crippen molar-refractivity contribution in [2.75, 3.05) is 11.9 Å². The van der Waals surface area contributed by atoms with E-state index < -0.39 is 28.6 Å². The molecule has 10 heteroatoms. The number of thiazole rings is 1. The van der Waals surface area contributed by atoms with E-state index in [-0.39, 0.29) is 17.3 Å². The fourth-order valence-corrected chi connectivity index (χ4v) is 3.24. The SMILES string of the molecule is CCOC(=O)c1sc(NC(=O)c2ccc(-n3cccc3)cc2)nc1C(F)(F)F. The largest absolute Gasteiger partial charge is 0.462 e. The molecule has 146 valence electrons. The number of benzene rings is 1. The lowest BCUT2D eigenvalue weighted by Crippen LogP contribution is -2.14. The summed E-state index contributed by atoms with van der Waals surface area (Å²) >= 11 is 0.417. The van der Waals surface area contributed by atoms with Gasteiger partial charge in [0.25, 0.3) is 5.91 Å². The number of aromatic nitrogens is 2. The van der Waals surface area contributed by atoms with Crippen LogP contribution >= 0.6 is 11.3 Å². The number of amides is 1. The molecular weight excluding hydrogens is 395 g/mol. The van der Waals surface area contributed by atoms with E-state index >= 15 is 0 Å². The van der Waals surface area contributed by atoms with Crippen molar-refractivity contribution in [1.82, 2.24) is 9.55 Å². The normalized spacial score (nSPS) is 11.3. The van der Waals surface area contributed by atoms with Crippen molar-refractivity contribution in [2.24, 2.45) is 0 Å². The Morgan fingerprint density at radius 1 is 1.18 bits per heavy atom. The van der Waals surface area contributed by atoms with Crippen LogP contribution in [0.15, 0.2) is 48.8 Å². The predicted molar refractivity (Wildman–Crippen MR) is 96.8 cm³/mol. The first-order valence-electron chi connectivity index (χ1n) is 8.09. The van der Waals surface area contributed by atoms with Gasteiger partial charge in [-0.3, -0.25) is 10.1 Å². The Hall–Kier alpha value is -3.14. The smallest absolute Gasteiger partial charge is 0.435 e. The fraction of sp³-hybridized carbons (Fsp3) is 0.167. The Labute approximate surface area is 161 Å². The highest BCUT2D eigenvalue weighted by Gasteiger charge is 2.40. The van der Waals surface area contributed by atoms with Gasteiger partial charge in [0, 0.05) is 23.6 Å². The minimum absolute atomic E-state index is 0.0799. The number of rotatable bonds is 5. The molecular formula is C18H14F3N3O3S. The second-order valence-electron chi connectivity index (χ2n) is 5.51. The summed E-state index contributed by atoms with van der Waals surface area (Å²) < 4.78 is 45.8. The lowest BCUT2D eigenvalue weighted by atomic mass is 10.2. The molecule has 1 aromatic carbocycles. The lowest BCUT2D eigenvalue weighted by Gasteiger charge is -2.05. The van der Waals surface area contributed by atoms with Crippen LogP contribution in [0.5, 0.6) is 0 Å². The van der Waals surface area contributed by atoms with Crippen molar-refractivity contribution in [3.8, 4) is 5.69 Å². The number of hydrogen-bond acceptors (Lipinski definition) is 5. The van der Waals surface area contributed by atoms with E-state index in [1.165, 1.54) is 19.1 Å². The summed E-state index contributed by atoms with van der Waals surface area (Å²) in [6.07, 6.45) is -1.18. The van der Waals surface area contributed by atoms with E-state index in [1.807, 2.05) is 29.1 Å². The molecule has 2 heterocycles. The van der Waals surface area contributed by atoms with Gasteiger partial charge in [-0.1, -0.05) is 11.3 Å². The second-order valence-corrected chi connectivity index (χ2v) is 6.51. The van der Waals surface area contributed by atoms with Crippen LogP contribution in [-0.2, 0) is 10.9 Å². The molecule has 0 bridgehead atoms. The molecule has 0 unspecified atom stereocenters. The van der Waals surface area contributed by atoms with Gasteiger partial charge in [0.15, 0.2) is 10.8 Å². The first-order valence-corrected chi connectivity index (χ1v) is 8.91. The highest BCUT2D eigenvalue weighted by Crippen LogP contribution is 2.36. The third-order valence-electron chi connectivity index (χ3n) is 3.61. The van der Waals surface area contributed by atoms with Crippen LogP contribution in [0.2, 0.25) is 0 Å². The quantitative estimate of drug-likeness (QED) is 0.635. The van der Waals surface area contributed by atoms with E-state index in [0.29, 0.717) is 11.3 Å². The van der Waals surface area contributed by atoms with E-state index in [4.69, 9.17) is 0 Å². The number of carbonyl (C=O) groups is 2. The number of esters is 1.